The number of nitrogens with zero attached hydrogens (tertiary/aromatic N) is 2. The van der Waals surface area contributed by atoms with Crippen LogP contribution in [0.3, 0.4) is 0 Å². The predicted octanol–water partition coefficient (Wildman–Crippen LogP) is 0.499. The molecule has 0 aliphatic carbocycles. The standard InChI is InChI=1S/C12H18N4O4S/c1-9-8-21(19,20)6-5-15(9)7-10-3-2-4-11(16(17)18)12(10)14-13/h2-4,9,14H,5-8,13H2,1H3. The van der Waals surface area contributed by atoms with Gasteiger partial charge in [0.2, 0.25) is 0 Å². The predicted molar refractivity (Wildman–Crippen MR) is 79.4 cm³/mol. The summed E-state index contributed by atoms with van der Waals surface area (Å²) in [5.41, 5.74) is 3.23. The Bertz CT molecular complexity index is 647. The second-order valence-corrected chi connectivity index (χ2v) is 7.38. The van der Waals surface area contributed by atoms with Crippen LogP contribution in [0.25, 0.3) is 0 Å². The number of sulfone groups is 1. The number of anilines is 1. The van der Waals surface area contributed by atoms with Crippen molar-refractivity contribution in [3.05, 3.63) is 33.9 Å². The first-order chi connectivity index (χ1) is 9.84. The van der Waals surface area contributed by atoms with Gasteiger partial charge in [0.15, 0.2) is 9.84 Å². The number of nitro groups is 1. The van der Waals surface area contributed by atoms with E-state index in [9.17, 15) is 18.5 Å². The van der Waals surface area contributed by atoms with Crippen LogP contribution in [0, 0.1) is 10.1 Å². The first kappa shape index (κ1) is 15.7. The molecule has 0 spiro atoms. The molecule has 0 saturated carbocycles. The number of rotatable bonds is 4. The highest BCUT2D eigenvalue weighted by molar-refractivity contribution is 7.91. The van der Waals surface area contributed by atoms with Crippen molar-refractivity contribution in [2.45, 2.75) is 19.5 Å². The largest absolute Gasteiger partial charge is 0.318 e. The molecule has 1 saturated heterocycles. The van der Waals surface area contributed by atoms with Crippen molar-refractivity contribution in [1.29, 1.82) is 0 Å². The number of para-hydroxylation sites is 1. The number of hydrogen-bond donors (Lipinski definition) is 2. The zero-order chi connectivity index (χ0) is 15.6. The van der Waals surface area contributed by atoms with E-state index in [4.69, 9.17) is 5.84 Å². The first-order valence-electron chi connectivity index (χ1n) is 6.51. The highest BCUT2D eigenvalue weighted by Crippen LogP contribution is 2.29. The summed E-state index contributed by atoms with van der Waals surface area (Å²) in [4.78, 5) is 12.5. The van der Waals surface area contributed by atoms with E-state index in [-0.39, 0.29) is 28.9 Å². The van der Waals surface area contributed by atoms with Gasteiger partial charge in [-0.3, -0.25) is 20.9 Å². The molecule has 1 heterocycles. The molecule has 0 aromatic heterocycles. The van der Waals surface area contributed by atoms with E-state index in [0.717, 1.165) is 0 Å². The van der Waals surface area contributed by atoms with Crippen LogP contribution in [0.1, 0.15) is 12.5 Å². The lowest BCUT2D eigenvalue weighted by Crippen LogP contribution is -2.46. The van der Waals surface area contributed by atoms with Crippen molar-refractivity contribution in [1.82, 2.24) is 4.90 Å². The van der Waals surface area contributed by atoms with Gasteiger partial charge in [-0.1, -0.05) is 12.1 Å². The Hall–Kier alpha value is -1.71. The minimum atomic E-state index is -2.98. The zero-order valence-electron chi connectivity index (χ0n) is 11.7. The van der Waals surface area contributed by atoms with Gasteiger partial charge in [-0.15, -0.1) is 0 Å². The Kier molecular flexibility index (Phi) is 4.45. The molecule has 9 heteroatoms. The molecule has 0 amide bonds. The molecule has 1 aromatic rings. The number of nitrogens with one attached hydrogen (secondary N) is 1. The summed E-state index contributed by atoms with van der Waals surface area (Å²) in [7, 11) is -2.98. The Labute approximate surface area is 123 Å². The zero-order valence-corrected chi connectivity index (χ0v) is 12.5. The SMILES string of the molecule is CC1CS(=O)(=O)CCN1Cc1cccc([N+](=O)[O-])c1NN. The lowest BCUT2D eigenvalue weighted by atomic mass is 10.1. The van der Waals surface area contributed by atoms with Crippen LogP contribution in [0.15, 0.2) is 18.2 Å². The van der Waals surface area contributed by atoms with Crippen LogP contribution >= 0.6 is 0 Å². The second-order valence-electron chi connectivity index (χ2n) is 5.15. The average Bonchev–Trinajstić information content (AvgIpc) is 2.41. The topological polar surface area (TPSA) is 119 Å². The lowest BCUT2D eigenvalue weighted by molar-refractivity contribution is -0.384. The van der Waals surface area contributed by atoms with Crippen LogP contribution in [0.4, 0.5) is 11.4 Å². The normalized spacial score (nSPS) is 21.9. The van der Waals surface area contributed by atoms with Gasteiger partial charge in [-0.25, -0.2) is 8.42 Å². The first-order valence-corrected chi connectivity index (χ1v) is 8.33. The highest BCUT2D eigenvalue weighted by atomic mass is 32.2. The van der Waals surface area contributed by atoms with Crippen LogP contribution in [-0.2, 0) is 16.4 Å². The fourth-order valence-corrected chi connectivity index (χ4v) is 4.15. The van der Waals surface area contributed by atoms with Gasteiger partial charge >= 0.3 is 0 Å². The number of hydrazine groups is 1. The van der Waals surface area contributed by atoms with E-state index in [1.165, 1.54) is 6.07 Å². The summed E-state index contributed by atoms with van der Waals surface area (Å²) < 4.78 is 23.2. The summed E-state index contributed by atoms with van der Waals surface area (Å²) in [6.45, 7) is 2.66. The highest BCUT2D eigenvalue weighted by Gasteiger charge is 2.29. The molecule has 1 aliphatic rings. The molecule has 8 nitrogen and oxygen atoms in total. The van der Waals surface area contributed by atoms with Gasteiger partial charge in [-0.05, 0) is 12.5 Å². The number of benzene rings is 1. The number of nitro benzene ring substituents is 1. The smallest absolute Gasteiger partial charge is 0.293 e. The summed E-state index contributed by atoms with van der Waals surface area (Å²) in [5.74, 6) is 5.62. The Morgan fingerprint density at radius 1 is 1.52 bits per heavy atom. The maximum atomic E-state index is 11.6. The molecule has 21 heavy (non-hydrogen) atoms. The third-order valence-corrected chi connectivity index (χ3v) is 5.45. The number of nitrogen functional groups attached to an aromatic ring is 1. The van der Waals surface area contributed by atoms with Crippen LogP contribution < -0.4 is 11.3 Å². The van der Waals surface area contributed by atoms with E-state index < -0.39 is 14.8 Å². The average molecular weight is 314 g/mol. The van der Waals surface area contributed by atoms with Crippen molar-refractivity contribution in [2.75, 3.05) is 23.5 Å². The number of nitrogens with two attached hydrogens (primary N) is 1. The molecule has 1 fully saturated rings. The van der Waals surface area contributed by atoms with Gasteiger partial charge in [0, 0.05) is 25.2 Å². The van der Waals surface area contributed by atoms with Crippen molar-refractivity contribution < 1.29 is 13.3 Å². The second kappa shape index (κ2) is 5.96. The minimum Gasteiger partial charge on any atom is -0.318 e. The van der Waals surface area contributed by atoms with Crippen LogP contribution in [-0.4, -0.2) is 42.3 Å². The van der Waals surface area contributed by atoms with Crippen molar-refractivity contribution in [3.63, 3.8) is 0 Å². The molecule has 1 aliphatic heterocycles. The van der Waals surface area contributed by atoms with Crippen molar-refractivity contribution in [3.8, 4) is 0 Å². The van der Waals surface area contributed by atoms with E-state index >= 15 is 0 Å². The van der Waals surface area contributed by atoms with Crippen molar-refractivity contribution >= 4 is 21.2 Å². The van der Waals surface area contributed by atoms with Gasteiger partial charge in [-0.2, -0.15) is 0 Å². The molecule has 0 radical (unpaired) electrons. The fourth-order valence-electron chi connectivity index (χ4n) is 2.52. The van der Waals surface area contributed by atoms with Gasteiger partial charge in [0.05, 0.1) is 16.4 Å². The van der Waals surface area contributed by atoms with E-state index in [0.29, 0.717) is 18.7 Å². The van der Waals surface area contributed by atoms with Gasteiger partial charge in [0.25, 0.3) is 5.69 Å². The molecule has 1 atom stereocenters. The van der Waals surface area contributed by atoms with Crippen LogP contribution in [0.5, 0.6) is 0 Å². The monoisotopic (exact) mass is 314 g/mol. The molecule has 2 rings (SSSR count). The molecule has 1 unspecified atom stereocenters. The summed E-state index contributed by atoms with van der Waals surface area (Å²) >= 11 is 0. The molecule has 116 valence electrons. The van der Waals surface area contributed by atoms with Gasteiger partial charge in [0.1, 0.15) is 5.69 Å². The third kappa shape index (κ3) is 3.49. The minimum absolute atomic E-state index is 0.0905. The maximum Gasteiger partial charge on any atom is 0.293 e. The van der Waals surface area contributed by atoms with E-state index in [2.05, 4.69) is 5.43 Å². The molecular formula is C12H18N4O4S. The maximum absolute atomic E-state index is 11.6. The Balaban J connectivity index is 2.24. The summed E-state index contributed by atoms with van der Waals surface area (Å²) in [6.07, 6.45) is 0. The third-order valence-electron chi connectivity index (χ3n) is 3.65. The lowest BCUT2D eigenvalue weighted by Gasteiger charge is -2.33. The Morgan fingerprint density at radius 2 is 2.24 bits per heavy atom. The van der Waals surface area contributed by atoms with Gasteiger partial charge < -0.3 is 5.43 Å². The quantitative estimate of drug-likeness (QED) is 0.472. The molecular weight excluding hydrogens is 296 g/mol. The molecule has 3 N–H and O–H groups in total. The van der Waals surface area contributed by atoms with E-state index in [1.54, 1.807) is 12.1 Å². The number of hydrogen-bond acceptors (Lipinski definition) is 7. The Morgan fingerprint density at radius 3 is 2.81 bits per heavy atom. The summed E-state index contributed by atoms with van der Waals surface area (Å²) in [5, 5.41) is 11.0. The fraction of sp³-hybridized carbons (Fsp3) is 0.500. The molecule has 1 aromatic carbocycles. The van der Waals surface area contributed by atoms with E-state index in [1.807, 2.05) is 11.8 Å². The van der Waals surface area contributed by atoms with Crippen molar-refractivity contribution in [2.24, 2.45) is 5.84 Å². The molecule has 0 bridgehead atoms. The summed E-state index contributed by atoms with van der Waals surface area (Å²) in [6, 6.07) is 4.59. The van der Waals surface area contributed by atoms with Crippen LogP contribution in [0.2, 0.25) is 0 Å².